The van der Waals surface area contributed by atoms with Crippen molar-refractivity contribution in [3.05, 3.63) is 78.4 Å². The van der Waals surface area contributed by atoms with Crippen LogP contribution in [0.5, 0.6) is 0 Å². The number of Topliss-reactive ketones (excluding diaryl/α,β-unsaturated/α-hetero) is 1. The first-order chi connectivity index (χ1) is 24.0. The Morgan fingerprint density at radius 2 is 1.92 bits per heavy atom. The number of ether oxygens (including phenoxy) is 1. The quantitative estimate of drug-likeness (QED) is 0.0692. The normalized spacial score (nSPS) is 20.9. The van der Waals surface area contributed by atoms with E-state index < -0.39 is 42.2 Å². The molecule has 2 unspecified atom stereocenters. The van der Waals surface area contributed by atoms with Gasteiger partial charge in [0.25, 0.3) is 0 Å². The average Bonchev–Trinajstić information content (AvgIpc) is 3.65. The number of carboxylic acids is 1. The van der Waals surface area contributed by atoms with Crippen molar-refractivity contribution in [3.8, 4) is 0 Å². The van der Waals surface area contributed by atoms with Crippen molar-refractivity contribution in [3.63, 3.8) is 0 Å². The van der Waals surface area contributed by atoms with Crippen LogP contribution >= 0.6 is 0 Å². The fourth-order valence-electron chi connectivity index (χ4n) is 6.17. The first kappa shape index (κ1) is 40.3. The van der Waals surface area contributed by atoms with Crippen molar-refractivity contribution in [1.82, 2.24) is 14.9 Å². The maximum Gasteiger partial charge on any atom is 0.307 e. The number of unbranched alkanes of at least 4 members (excludes halogenated alkanes) is 1. The molecule has 6 N–H and O–H groups in total. The van der Waals surface area contributed by atoms with Crippen LogP contribution in [0.2, 0.25) is 0 Å². The monoisotopic (exact) mass is 694 g/mol. The molecular weight excluding hydrogens is 640 g/mol. The van der Waals surface area contributed by atoms with Gasteiger partial charge in [-0.25, -0.2) is 4.98 Å². The number of aliphatic hydroxyl groups is 2. The number of carboxylic acid groups (broad SMARTS) is 1. The molecule has 1 fully saturated rings. The summed E-state index contributed by atoms with van der Waals surface area (Å²) in [5, 5.41) is 34.1. The molecule has 1 aromatic carbocycles. The molecule has 0 saturated heterocycles. The number of nitrogens with zero attached hydrogens (tertiary/aromatic N) is 2. The molecule has 0 spiro atoms. The number of carbonyl (C=O) groups excluding carboxylic acids is 3. The second-order valence-corrected chi connectivity index (χ2v) is 13.2. The van der Waals surface area contributed by atoms with Gasteiger partial charge in [-0.2, -0.15) is 0 Å². The minimum absolute atomic E-state index is 0.0267. The second kappa shape index (κ2) is 21.2. The lowest BCUT2D eigenvalue weighted by atomic mass is 9.89. The van der Waals surface area contributed by atoms with E-state index in [0.717, 1.165) is 18.4 Å². The number of nitrogens with two attached hydrogens (primary N) is 1. The minimum atomic E-state index is -1.10. The number of allylic oxidation sites excluding steroid dienone is 2. The molecule has 12 nitrogen and oxygen atoms in total. The molecule has 0 aliphatic heterocycles. The van der Waals surface area contributed by atoms with Gasteiger partial charge >= 0.3 is 11.9 Å². The largest absolute Gasteiger partial charge is 0.481 e. The van der Waals surface area contributed by atoms with E-state index in [9.17, 15) is 34.5 Å². The predicted octanol–water partition coefficient (Wildman–Crippen LogP) is 3.53. The standard InChI is InChI=1S/C38H54N4O8/c1-3-40-36(46)14-10-5-4-9-13-31-32(18-17-30(43)16-15-27-11-7-6-8-12-27)35(23-34(31)45)50-37(47)19-20-42-24-29(41-25-42)21-28(38(48)49)22-33(44)26(2)39/h4,6-9,11-12,17-18,24-26,28,30-32,34-35,43,45H,3,5,10,13-16,19-23,39H2,1-2H3,(H,40,46)(H,48,49)/b9-4-,18-17+/t26?,28?,30-,31+,32+,34-,35+/m0/s1. The zero-order valence-electron chi connectivity index (χ0n) is 29.2. The Bertz CT molecular complexity index is 1420. The maximum absolute atomic E-state index is 13.0. The number of aromatic nitrogens is 2. The Morgan fingerprint density at radius 3 is 2.62 bits per heavy atom. The molecule has 0 radical (unpaired) electrons. The third kappa shape index (κ3) is 14.0. The van der Waals surface area contributed by atoms with E-state index in [-0.39, 0.29) is 55.8 Å². The van der Waals surface area contributed by atoms with Crippen LogP contribution in [-0.2, 0) is 43.3 Å². The summed E-state index contributed by atoms with van der Waals surface area (Å²) in [4.78, 5) is 52.7. The zero-order valence-corrected chi connectivity index (χ0v) is 29.2. The Kier molecular flexibility index (Phi) is 17.1. The van der Waals surface area contributed by atoms with Crippen LogP contribution < -0.4 is 11.1 Å². The fourth-order valence-corrected chi connectivity index (χ4v) is 6.17. The van der Waals surface area contributed by atoms with Gasteiger partial charge in [0.15, 0.2) is 0 Å². The number of aliphatic carboxylic acids is 1. The highest BCUT2D eigenvalue weighted by Crippen LogP contribution is 2.38. The maximum atomic E-state index is 13.0. The second-order valence-electron chi connectivity index (χ2n) is 13.2. The number of rotatable bonds is 22. The van der Waals surface area contributed by atoms with Gasteiger partial charge in [0.1, 0.15) is 11.9 Å². The average molecular weight is 695 g/mol. The molecule has 1 aromatic heterocycles. The Morgan fingerprint density at radius 1 is 1.16 bits per heavy atom. The highest BCUT2D eigenvalue weighted by atomic mass is 16.5. The molecule has 1 heterocycles. The molecule has 7 atom stereocenters. The summed E-state index contributed by atoms with van der Waals surface area (Å²) in [6.45, 7) is 4.26. The van der Waals surface area contributed by atoms with E-state index in [1.807, 2.05) is 55.5 Å². The summed E-state index contributed by atoms with van der Waals surface area (Å²) in [6.07, 6.45) is 12.6. The molecule has 1 aliphatic rings. The zero-order chi connectivity index (χ0) is 36.5. The highest BCUT2D eigenvalue weighted by Gasteiger charge is 2.42. The highest BCUT2D eigenvalue weighted by molar-refractivity contribution is 5.87. The molecule has 2 aromatic rings. The van der Waals surface area contributed by atoms with Gasteiger partial charge in [0, 0.05) is 50.9 Å². The SMILES string of the molecule is CCNC(=O)CCC/C=C\C[C@@H]1[C@@H](/C=C/[C@@H](O)CCc2ccccc2)[C@H](OC(=O)CCn2cnc(CC(CC(=O)C(C)N)C(=O)O)c2)C[C@@H]1O. The number of esters is 1. The summed E-state index contributed by atoms with van der Waals surface area (Å²) >= 11 is 0. The van der Waals surface area contributed by atoms with Gasteiger partial charge < -0.3 is 35.7 Å². The molecule has 3 rings (SSSR count). The molecule has 274 valence electrons. The van der Waals surface area contributed by atoms with Gasteiger partial charge in [-0.05, 0) is 57.4 Å². The number of hydrogen-bond acceptors (Lipinski definition) is 9. The van der Waals surface area contributed by atoms with Crippen LogP contribution in [0.15, 0.2) is 67.2 Å². The Hall–Kier alpha value is -4.13. The first-order valence-corrected chi connectivity index (χ1v) is 17.7. The van der Waals surface area contributed by atoms with E-state index >= 15 is 0 Å². The molecule has 1 aliphatic carbocycles. The Balaban J connectivity index is 1.59. The van der Waals surface area contributed by atoms with Gasteiger partial charge in [-0.15, -0.1) is 0 Å². The van der Waals surface area contributed by atoms with E-state index in [2.05, 4.69) is 10.3 Å². The van der Waals surface area contributed by atoms with E-state index in [1.54, 1.807) is 16.8 Å². The number of aliphatic hydroxyl groups excluding tert-OH is 2. The van der Waals surface area contributed by atoms with Crippen molar-refractivity contribution in [2.24, 2.45) is 23.5 Å². The molecule has 50 heavy (non-hydrogen) atoms. The summed E-state index contributed by atoms with van der Waals surface area (Å²) in [7, 11) is 0. The molecule has 1 amide bonds. The topological polar surface area (TPSA) is 194 Å². The van der Waals surface area contributed by atoms with Gasteiger partial charge in [0.05, 0.1) is 42.6 Å². The van der Waals surface area contributed by atoms with Crippen molar-refractivity contribution in [1.29, 1.82) is 0 Å². The third-order valence-corrected chi connectivity index (χ3v) is 9.05. The summed E-state index contributed by atoms with van der Waals surface area (Å²) in [5.41, 5.74) is 7.21. The number of hydrogen-bond donors (Lipinski definition) is 5. The van der Waals surface area contributed by atoms with Crippen LogP contribution in [0.1, 0.15) is 76.5 Å². The van der Waals surface area contributed by atoms with E-state index in [1.165, 1.54) is 13.3 Å². The fraction of sp³-hybridized carbons (Fsp3) is 0.553. The summed E-state index contributed by atoms with van der Waals surface area (Å²) in [6, 6.07) is 9.16. The van der Waals surface area contributed by atoms with E-state index in [4.69, 9.17) is 10.5 Å². The first-order valence-electron chi connectivity index (χ1n) is 17.7. The van der Waals surface area contributed by atoms with Gasteiger partial charge in [-0.1, -0.05) is 54.6 Å². The van der Waals surface area contributed by atoms with Crippen LogP contribution in [-0.4, -0.2) is 79.4 Å². The summed E-state index contributed by atoms with van der Waals surface area (Å²) in [5.74, 6) is -3.35. The smallest absolute Gasteiger partial charge is 0.307 e. The molecular formula is C38H54N4O8. The van der Waals surface area contributed by atoms with Crippen LogP contribution in [0.25, 0.3) is 0 Å². The lowest BCUT2D eigenvalue weighted by molar-refractivity contribution is -0.150. The van der Waals surface area contributed by atoms with Gasteiger partial charge in [-0.3, -0.25) is 19.2 Å². The van der Waals surface area contributed by atoms with Crippen molar-refractivity contribution in [2.75, 3.05) is 6.54 Å². The number of aryl methyl sites for hydroxylation is 2. The molecule has 12 heteroatoms. The lowest BCUT2D eigenvalue weighted by Crippen LogP contribution is -2.31. The van der Waals surface area contributed by atoms with E-state index in [0.29, 0.717) is 37.9 Å². The number of nitrogens with one attached hydrogen (secondary N) is 1. The molecule has 0 bridgehead atoms. The number of ketones is 1. The lowest BCUT2D eigenvalue weighted by Gasteiger charge is -2.22. The third-order valence-electron chi connectivity index (χ3n) is 9.05. The van der Waals surface area contributed by atoms with Crippen molar-refractivity contribution in [2.45, 2.75) is 109 Å². The number of amides is 1. The van der Waals surface area contributed by atoms with Crippen LogP contribution in [0, 0.1) is 17.8 Å². The van der Waals surface area contributed by atoms with Crippen molar-refractivity contribution < 1.29 is 39.2 Å². The summed E-state index contributed by atoms with van der Waals surface area (Å²) < 4.78 is 7.58. The Labute approximate surface area is 294 Å². The van der Waals surface area contributed by atoms with Crippen LogP contribution in [0.4, 0.5) is 0 Å². The van der Waals surface area contributed by atoms with Crippen molar-refractivity contribution >= 4 is 23.6 Å². The van der Waals surface area contributed by atoms with Crippen LogP contribution in [0.3, 0.4) is 0 Å². The number of carbonyl (C=O) groups is 4. The minimum Gasteiger partial charge on any atom is -0.481 e. The van der Waals surface area contributed by atoms with Gasteiger partial charge in [0.2, 0.25) is 5.91 Å². The number of benzene rings is 1. The molecule has 1 saturated carbocycles. The number of imidazole rings is 1. The predicted molar refractivity (Wildman–Crippen MR) is 189 cm³/mol.